The summed E-state index contributed by atoms with van der Waals surface area (Å²) in [4.78, 5) is 25.6. The molecule has 76 valence electrons. The number of hydrogen-bond acceptors (Lipinski definition) is 4. The van der Waals surface area contributed by atoms with Gasteiger partial charge in [0.25, 0.3) is 0 Å². The Balaban J connectivity index is 4.39. The van der Waals surface area contributed by atoms with E-state index in [1.54, 1.807) is 6.92 Å². The van der Waals surface area contributed by atoms with Gasteiger partial charge in [0, 0.05) is 13.5 Å². The van der Waals surface area contributed by atoms with Crippen LogP contribution in [0.25, 0.3) is 0 Å². The largest absolute Gasteiger partial charge is 0.464 e. The quantitative estimate of drug-likeness (QED) is 0.500. The van der Waals surface area contributed by atoms with E-state index in [4.69, 9.17) is 9.94 Å². The summed E-state index contributed by atoms with van der Waals surface area (Å²) in [6.45, 7) is 1.62. The molecule has 6 nitrogen and oxygen atoms in total. The SMILES string of the molecule is CON(C)N(C(=O)O)C(C)CC=O. The Kier molecular flexibility index (Phi) is 5.01. The van der Waals surface area contributed by atoms with Gasteiger partial charge in [-0.25, -0.2) is 9.80 Å². The van der Waals surface area contributed by atoms with Crippen molar-refractivity contribution in [2.24, 2.45) is 0 Å². The van der Waals surface area contributed by atoms with Gasteiger partial charge in [-0.05, 0) is 6.92 Å². The highest BCUT2D eigenvalue weighted by molar-refractivity contribution is 5.65. The molecule has 0 aliphatic heterocycles. The molecule has 0 rings (SSSR count). The van der Waals surface area contributed by atoms with E-state index in [1.807, 2.05) is 0 Å². The maximum absolute atomic E-state index is 10.7. The van der Waals surface area contributed by atoms with Crippen LogP contribution in [0.5, 0.6) is 0 Å². The summed E-state index contributed by atoms with van der Waals surface area (Å²) in [6, 6.07) is -0.431. The molecule has 0 aromatic heterocycles. The number of nitrogens with zero attached hydrogens (tertiary/aromatic N) is 2. The number of carboxylic acid groups (broad SMARTS) is 1. The molecule has 0 radical (unpaired) electrons. The number of hydrazine groups is 1. The highest BCUT2D eigenvalue weighted by atomic mass is 16.7. The van der Waals surface area contributed by atoms with Crippen molar-refractivity contribution in [3.05, 3.63) is 0 Å². The van der Waals surface area contributed by atoms with Crippen LogP contribution in [0.2, 0.25) is 0 Å². The maximum Gasteiger partial charge on any atom is 0.424 e. The summed E-state index contributed by atoms with van der Waals surface area (Å²) < 4.78 is 0. The van der Waals surface area contributed by atoms with Crippen LogP contribution in [0.15, 0.2) is 0 Å². The maximum atomic E-state index is 10.7. The van der Waals surface area contributed by atoms with E-state index < -0.39 is 12.1 Å². The van der Waals surface area contributed by atoms with Gasteiger partial charge in [0.05, 0.1) is 13.2 Å². The number of hydrogen-bond donors (Lipinski definition) is 1. The van der Waals surface area contributed by atoms with Crippen molar-refractivity contribution in [1.29, 1.82) is 0 Å². The predicted octanol–water partition coefficient (Wildman–Crippen LogP) is 0.352. The number of hydroxylamine groups is 1. The molecule has 13 heavy (non-hydrogen) atoms. The van der Waals surface area contributed by atoms with Crippen LogP contribution in [0.1, 0.15) is 13.3 Å². The minimum absolute atomic E-state index is 0.139. The van der Waals surface area contributed by atoms with Gasteiger partial charge in [-0.3, -0.25) is 4.84 Å². The first-order valence-corrected chi connectivity index (χ1v) is 3.78. The van der Waals surface area contributed by atoms with Gasteiger partial charge >= 0.3 is 6.09 Å². The van der Waals surface area contributed by atoms with E-state index in [1.165, 1.54) is 14.2 Å². The summed E-state index contributed by atoms with van der Waals surface area (Å²) in [5.41, 5.74) is 0. The second-order valence-corrected chi connectivity index (χ2v) is 2.53. The zero-order valence-electron chi connectivity index (χ0n) is 7.93. The van der Waals surface area contributed by atoms with Crippen LogP contribution in [0, 0.1) is 0 Å². The van der Waals surface area contributed by atoms with Crippen molar-refractivity contribution in [2.75, 3.05) is 14.2 Å². The molecule has 1 unspecified atom stereocenters. The molecule has 0 bridgehead atoms. The number of amides is 1. The standard InChI is InChI=1S/C7H14N2O4/c1-6(4-5-10)9(7(11)12)8(2)13-3/h5-6H,4H2,1-3H3,(H,11,12). The lowest BCUT2D eigenvalue weighted by molar-refractivity contribution is -0.242. The third kappa shape index (κ3) is 3.39. The number of carbonyl (C=O) groups is 2. The Labute approximate surface area is 76.6 Å². The van der Waals surface area contributed by atoms with E-state index in [-0.39, 0.29) is 6.42 Å². The monoisotopic (exact) mass is 190 g/mol. The van der Waals surface area contributed by atoms with E-state index >= 15 is 0 Å². The van der Waals surface area contributed by atoms with Gasteiger partial charge in [-0.2, -0.15) is 0 Å². The smallest absolute Gasteiger partial charge is 0.424 e. The van der Waals surface area contributed by atoms with E-state index in [9.17, 15) is 9.59 Å². The first kappa shape index (κ1) is 11.9. The number of aldehydes is 1. The van der Waals surface area contributed by atoms with Crippen LogP contribution >= 0.6 is 0 Å². The van der Waals surface area contributed by atoms with Gasteiger partial charge in [-0.1, -0.05) is 5.17 Å². The first-order chi connectivity index (χ1) is 6.04. The Morgan fingerprint density at radius 3 is 2.54 bits per heavy atom. The Bertz CT molecular complexity index is 185. The minimum atomic E-state index is -1.15. The topological polar surface area (TPSA) is 70.1 Å². The van der Waals surface area contributed by atoms with Crippen molar-refractivity contribution in [2.45, 2.75) is 19.4 Å². The summed E-state index contributed by atoms with van der Waals surface area (Å²) in [7, 11) is 2.80. The normalized spacial score (nSPS) is 12.6. The fraction of sp³-hybridized carbons (Fsp3) is 0.714. The average molecular weight is 190 g/mol. The van der Waals surface area contributed by atoms with E-state index in [0.29, 0.717) is 6.29 Å². The zero-order valence-corrected chi connectivity index (χ0v) is 7.93. The lowest BCUT2D eigenvalue weighted by Crippen LogP contribution is -2.48. The third-order valence-electron chi connectivity index (χ3n) is 1.62. The molecule has 0 aliphatic rings. The van der Waals surface area contributed by atoms with Gasteiger partial charge in [-0.15, -0.1) is 0 Å². The second-order valence-electron chi connectivity index (χ2n) is 2.53. The summed E-state index contributed by atoms with van der Waals surface area (Å²) in [5.74, 6) is 0. The molecule has 1 amide bonds. The Morgan fingerprint density at radius 1 is 1.69 bits per heavy atom. The molecule has 0 fully saturated rings. The second kappa shape index (κ2) is 5.50. The molecule has 0 aromatic rings. The minimum Gasteiger partial charge on any atom is -0.464 e. The van der Waals surface area contributed by atoms with Gasteiger partial charge in [0.1, 0.15) is 6.29 Å². The van der Waals surface area contributed by atoms with Crippen molar-refractivity contribution in [3.8, 4) is 0 Å². The van der Waals surface area contributed by atoms with Crippen molar-refractivity contribution in [3.63, 3.8) is 0 Å². The van der Waals surface area contributed by atoms with Crippen LogP contribution in [0.4, 0.5) is 4.79 Å². The van der Waals surface area contributed by atoms with E-state index in [2.05, 4.69) is 0 Å². The number of carbonyl (C=O) groups excluding carboxylic acids is 1. The van der Waals surface area contributed by atoms with Crippen LogP contribution < -0.4 is 0 Å². The van der Waals surface area contributed by atoms with E-state index in [0.717, 1.165) is 10.2 Å². The molecule has 0 aromatic carbocycles. The molecule has 0 saturated carbocycles. The Morgan fingerprint density at radius 2 is 2.23 bits per heavy atom. The van der Waals surface area contributed by atoms with Crippen LogP contribution in [-0.4, -0.2) is 47.9 Å². The molecule has 1 atom stereocenters. The van der Waals surface area contributed by atoms with Gasteiger partial charge < -0.3 is 9.90 Å². The Hall–Kier alpha value is -1.14. The van der Waals surface area contributed by atoms with Gasteiger partial charge in [0.2, 0.25) is 0 Å². The zero-order chi connectivity index (χ0) is 10.4. The number of rotatable bonds is 5. The highest BCUT2D eigenvalue weighted by Gasteiger charge is 2.23. The summed E-state index contributed by atoms with van der Waals surface area (Å²) in [6.07, 6.45) is -0.344. The molecular weight excluding hydrogens is 176 g/mol. The van der Waals surface area contributed by atoms with Crippen molar-refractivity contribution >= 4 is 12.4 Å². The first-order valence-electron chi connectivity index (χ1n) is 3.78. The van der Waals surface area contributed by atoms with Crippen LogP contribution in [0.3, 0.4) is 0 Å². The fourth-order valence-electron chi connectivity index (χ4n) is 0.914. The molecule has 0 heterocycles. The summed E-state index contributed by atoms with van der Waals surface area (Å²) >= 11 is 0. The lowest BCUT2D eigenvalue weighted by Gasteiger charge is -2.31. The molecule has 0 saturated heterocycles. The summed E-state index contributed by atoms with van der Waals surface area (Å²) in [5, 5.41) is 10.8. The average Bonchev–Trinajstić information content (AvgIpc) is 2.04. The lowest BCUT2D eigenvalue weighted by atomic mass is 10.2. The molecule has 1 N–H and O–H groups in total. The molecule has 6 heteroatoms. The van der Waals surface area contributed by atoms with Crippen molar-refractivity contribution < 1.29 is 19.5 Å². The van der Waals surface area contributed by atoms with Gasteiger partial charge in [0.15, 0.2) is 0 Å². The van der Waals surface area contributed by atoms with Crippen LogP contribution in [-0.2, 0) is 9.63 Å². The van der Waals surface area contributed by atoms with Crippen molar-refractivity contribution in [1.82, 2.24) is 10.2 Å². The molecule has 0 spiro atoms. The highest BCUT2D eigenvalue weighted by Crippen LogP contribution is 2.05. The molecular formula is C7H14N2O4. The molecule has 0 aliphatic carbocycles. The fourth-order valence-corrected chi connectivity index (χ4v) is 0.914. The predicted molar refractivity (Wildman–Crippen MR) is 44.8 cm³/mol. The third-order valence-corrected chi connectivity index (χ3v) is 1.62.